The van der Waals surface area contributed by atoms with E-state index in [4.69, 9.17) is 4.98 Å². The van der Waals surface area contributed by atoms with E-state index in [1.54, 1.807) is 12.1 Å². The molecule has 0 saturated heterocycles. The molecule has 1 aliphatic rings. The van der Waals surface area contributed by atoms with E-state index in [0.29, 0.717) is 35.1 Å². The smallest absolute Gasteiger partial charge is 0.405 e. The minimum absolute atomic E-state index is 0. The molecule has 2 aromatic carbocycles. The highest BCUT2D eigenvalue weighted by atomic mass is 79.9. The molecule has 0 radical (unpaired) electrons. The van der Waals surface area contributed by atoms with Crippen LogP contribution in [0.2, 0.25) is 0 Å². The maximum Gasteiger partial charge on any atom is 0.573 e. The second kappa shape index (κ2) is 13.6. The Balaban J connectivity index is 0.00000228. The van der Waals surface area contributed by atoms with Gasteiger partial charge in [-0.05, 0) is 62.4 Å². The van der Waals surface area contributed by atoms with Gasteiger partial charge in [-0.25, -0.2) is 4.98 Å². The summed E-state index contributed by atoms with van der Waals surface area (Å²) in [7, 11) is 1.91. The van der Waals surface area contributed by atoms with Crippen LogP contribution in [0.1, 0.15) is 31.2 Å². The molecule has 198 valence electrons. The third kappa shape index (κ3) is 8.30. The molecule has 3 aromatic rings. The fraction of sp³-hybridized carbons (Fsp3) is 0.400. The van der Waals surface area contributed by atoms with Gasteiger partial charge in [0.1, 0.15) is 11.6 Å². The van der Waals surface area contributed by atoms with Crippen molar-refractivity contribution < 1.29 is 17.9 Å². The highest BCUT2D eigenvalue weighted by Gasteiger charge is 2.32. The summed E-state index contributed by atoms with van der Waals surface area (Å²) in [4.78, 5) is 4.76. The van der Waals surface area contributed by atoms with E-state index < -0.39 is 6.36 Å². The molecule has 1 fully saturated rings. The van der Waals surface area contributed by atoms with Crippen molar-refractivity contribution in [1.82, 2.24) is 10.3 Å². The van der Waals surface area contributed by atoms with Crippen LogP contribution in [0.3, 0.4) is 0 Å². The molecule has 0 spiro atoms. The second-order valence-electron chi connectivity index (χ2n) is 8.52. The average molecular weight is 610 g/mol. The van der Waals surface area contributed by atoms with Crippen molar-refractivity contribution in [3.8, 4) is 5.75 Å². The molecule has 1 aliphatic carbocycles. The molecular weight excluding hydrogens is 580 g/mol. The number of benzene rings is 2. The quantitative estimate of drug-likeness (QED) is 0.249. The fourth-order valence-electron chi connectivity index (χ4n) is 4.47. The largest absolute Gasteiger partial charge is 0.573 e. The summed E-state index contributed by atoms with van der Waals surface area (Å²) in [5, 5.41) is 11.4. The van der Waals surface area contributed by atoms with Crippen molar-refractivity contribution in [3.63, 3.8) is 0 Å². The second-order valence-corrected chi connectivity index (χ2v) is 9.43. The number of halogens is 6. The number of rotatable bonds is 8. The lowest BCUT2D eigenvalue weighted by atomic mass is 9.91. The maximum absolute atomic E-state index is 12.7. The molecule has 36 heavy (non-hydrogen) atoms. The van der Waals surface area contributed by atoms with Crippen molar-refractivity contribution in [2.24, 2.45) is 0 Å². The van der Waals surface area contributed by atoms with Gasteiger partial charge in [0.2, 0.25) is 0 Å². The summed E-state index contributed by atoms with van der Waals surface area (Å²) in [5.74, 6) is 0.715. The molecule has 11 heteroatoms. The van der Waals surface area contributed by atoms with Gasteiger partial charge in [-0.1, -0.05) is 40.2 Å². The van der Waals surface area contributed by atoms with Gasteiger partial charge in [0.05, 0.1) is 5.52 Å². The average Bonchev–Trinajstić information content (AvgIpc) is 2.80. The molecule has 1 heterocycles. The van der Waals surface area contributed by atoms with E-state index in [9.17, 15) is 13.2 Å². The van der Waals surface area contributed by atoms with Crippen molar-refractivity contribution >= 4 is 63.2 Å². The number of pyridine rings is 1. The molecule has 5 nitrogen and oxygen atoms in total. The van der Waals surface area contributed by atoms with E-state index in [1.807, 2.05) is 31.3 Å². The number of hydrogen-bond acceptors (Lipinski definition) is 5. The third-order valence-corrected chi connectivity index (χ3v) is 6.64. The minimum atomic E-state index is -4.71. The van der Waals surface area contributed by atoms with E-state index in [1.165, 1.54) is 6.07 Å². The van der Waals surface area contributed by atoms with Crippen LogP contribution < -0.4 is 20.7 Å². The van der Waals surface area contributed by atoms with E-state index in [0.717, 1.165) is 48.1 Å². The number of fused-ring (bicyclic) bond motifs is 1. The molecule has 4 rings (SSSR count). The summed E-state index contributed by atoms with van der Waals surface area (Å²) in [5.41, 5.74) is 2.53. The number of ether oxygens (including phenoxy) is 1. The van der Waals surface area contributed by atoms with Gasteiger partial charge < -0.3 is 20.7 Å². The van der Waals surface area contributed by atoms with Crippen LogP contribution in [0.25, 0.3) is 10.9 Å². The number of para-hydroxylation sites is 1. The van der Waals surface area contributed by atoms with E-state index >= 15 is 0 Å². The SMILES string of the molecule is CNc1cc(NC2CCC(NCCc3ccc(Br)cc3OC(F)(F)F)CC2)nc2ccccc12.Cl.Cl. The number of aromatic nitrogens is 1. The monoisotopic (exact) mass is 608 g/mol. The lowest BCUT2D eigenvalue weighted by Gasteiger charge is -2.30. The Hall–Kier alpha value is -1.94. The molecule has 1 saturated carbocycles. The summed E-state index contributed by atoms with van der Waals surface area (Å²) < 4.78 is 42.9. The van der Waals surface area contributed by atoms with Crippen LogP contribution in [0.5, 0.6) is 5.75 Å². The van der Waals surface area contributed by atoms with Crippen LogP contribution in [0.4, 0.5) is 24.7 Å². The van der Waals surface area contributed by atoms with Gasteiger partial charge in [0.15, 0.2) is 0 Å². The first-order valence-electron chi connectivity index (χ1n) is 11.4. The summed E-state index contributed by atoms with van der Waals surface area (Å²) in [6.07, 6.45) is -0.247. The molecule has 0 amide bonds. The Kier molecular flexibility index (Phi) is 11.4. The number of anilines is 2. The zero-order valence-corrected chi connectivity index (χ0v) is 22.9. The zero-order valence-electron chi connectivity index (χ0n) is 19.7. The zero-order chi connectivity index (χ0) is 24.1. The first-order valence-corrected chi connectivity index (χ1v) is 12.2. The fourth-order valence-corrected chi connectivity index (χ4v) is 4.81. The van der Waals surface area contributed by atoms with Gasteiger partial charge >= 0.3 is 6.36 Å². The molecule has 0 unspecified atom stereocenters. The normalized spacial score (nSPS) is 17.6. The molecule has 0 bridgehead atoms. The third-order valence-electron chi connectivity index (χ3n) is 6.15. The first-order chi connectivity index (χ1) is 16.3. The topological polar surface area (TPSA) is 58.2 Å². The van der Waals surface area contributed by atoms with Crippen LogP contribution in [-0.2, 0) is 6.42 Å². The molecule has 3 N–H and O–H groups in total. The van der Waals surface area contributed by atoms with Crippen molar-refractivity contribution in [1.29, 1.82) is 0 Å². The van der Waals surface area contributed by atoms with Crippen LogP contribution >= 0.6 is 40.7 Å². The lowest BCUT2D eigenvalue weighted by Crippen LogP contribution is -2.38. The molecule has 0 atom stereocenters. The molecular formula is C25H30BrCl2F3N4O. The highest BCUT2D eigenvalue weighted by Crippen LogP contribution is 2.30. The van der Waals surface area contributed by atoms with Gasteiger partial charge in [-0.15, -0.1) is 38.0 Å². The number of hydrogen-bond donors (Lipinski definition) is 3. The van der Waals surface area contributed by atoms with Crippen molar-refractivity contribution in [2.75, 3.05) is 24.2 Å². The van der Waals surface area contributed by atoms with E-state index in [2.05, 4.69) is 42.7 Å². The Labute approximate surface area is 229 Å². The summed E-state index contributed by atoms with van der Waals surface area (Å²) in [6.45, 7) is 0.594. The number of nitrogens with zero attached hydrogens (tertiary/aromatic N) is 1. The van der Waals surface area contributed by atoms with Crippen LogP contribution in [0, 0.1) is 0 Å². The Morgan fingerprint density at radius 3 is 2.39 bits per heavy atom. The lowest BCUT2D eigenvalue weighted by molar-refractivity contribution is -0.274. The Bertz CT molecular complexity index is 1130. The standard InChI is InChI=1S/C25H28BrF3N4O.2ClH/c1-30-22-15-24(33-21-5-3-2-4-20(21)22)32-19-10-8-18(9-11-19)31-13-12-16-6-7-17(26)14-23(16)34-25(27,28)29;;/h2-7,14-15,18-19,31H,8-13H2,1H3,(H2,30,32,33);2*1H. The van der Waals surface area contributed by atoms with Gasteiger partial charge in [-0.3, -0.25) is 0 Å². The van der Waals surface area contributed by atoms with Crippen molar-refractivity contribution in [2.45, 2.75) is 50.6 Å². The van der Waals surface area contributed by atoms with Crippen LogP contribution in [0.15, 0.2) is 53.0 Å². The van der Waals surface area contributed by atoms with Crippen LogP contribution in [-0.4, -0.2) is 37.0 Å². The predicted octanol–water partition coefficient (Wildman–Crippen LogP) is 7.34. The van der Waals surface area contributed by atoms with Gasteiger partial charge in [0.25, 0.3) is 0 Å². The summed E-state index contributed by atoms with van der Waals surface area (Å²) >= 11 is 3.21. The van der Waals surface area contributed by atoms with Gasteiger partial charge in [-0.2, -0.15) is 0 Å². The summed E-state index contributed by atoms with van der Waals surface area (Å²) in [6, 6.07) is 15.6. The predicted molar refractivity (Wildman–Crippen MR) is 148 cm³/mol. The Morgan fingerprint density at radius 1 is 1.00 bits per heavy atom. The van der Waals surface area contributed by atoms with Crippen molar-refractivity contribution in [3.05, 3.63) is 58.6 Å². The number of nitrogens with one attached hydrogen (secondary N) is 3. The molecule has 0 aliphatic heterocycles. The minimum Gasteiger partial charge on any atom is -0.405 e. The molecule has 1 aromatic heterocycles. The Morgan fingerprint density at radius 2 is 1.69 bits per heavy atom. The van der Waals surface area contributed by atoms with Gasteiger partial charge in [0, 0.05) is 40.7 Å². The first kappa shape index (κ1) is 30.3. The maximum atomic E-state index is 12.7. The highest BCUT2D eigenvalue weighted by molar-refractivity contribution is 9.10. The number of alkyl halides is 3. The van der Waals surface area contributed by atoms with E-state index in [-0.39, 0.29) is 30.6 Å².